The lowest BCUT2D eigenvalue weighted by atomic mass is 9.92. The van der Waals surface area contributed by atoms with E-state index in [9.17, 15) is 9.90 Å². The average Bonchev–Trinajstić information content (AvgIpc) is 3.58. The van der Waals surface area contributed by atoms with Gasteiger partial charge in [0.05, 0.1) is 18.8 Å². The first-order valence-electron chi connectivity index (χ1n) is 12.8. The molecule has 6 heteroatoms. The molecule has 2 aromatic rings. The SMILES string of the molecule is O=C=C(CN1CCC[C@@H]1Cc1c[nH]c2ccc(CCC3(O)CCCC3)cc12)N1CCOCC1. The zero-order chi connectivity index (χ0) is 22.7. The molecule has 0 radical (unpaired) electrons. The molecule has 1 saturated carbocycles. The van der Waals surface area contributed by atoms with Crippen LogP contribution in [0.2, 0.25) is 0 Å². The lowest BCUT2D eigenvalue weighted by molar-refractivity contribution is 0.0391. The van der Waals surface area contributed by atoms with Crippen LogP contribution < -0.4 is 0 Å². The van der Waals surface area contributed by atoms with Crippen LogP contribution in [0.15, 0.2) is 30.1 Å². The smallest absolute Gasteiger partial charge is 0.147 e. The van der Waals surface area contributed by atoms with Crippen molar-refractivity contribution in [3.63, 3.8) is 0 Å². The average molecular weight is 452 g/mol. The van der Waals surface area contributed by atoms with Crippen molar-refractivity contribution < 1.29 is 14.6 Å². The molecule has 0 spiro atoms. The van der Waals surface area contributed by atoms with Crippen LogP contribution in [0.5, 0.6) is 0 Å². The molecule has 5 rings (SSSR count). The van der Waals surface area contributed by atoms with Gasteiger partial charge in [0, 0.05) is 42.8 Å². The van der Waals surface area contributed by atoms with E-state index in [2.05, 4.69) is 45.1 Å². The highest BCUT2D eigenvalue weighted by Crippen LogP contribution is 2.34. The fourth-order valence-electron chi connectivity index (χ4n) is 6.02. The van der Waals surface area contributed by atoms with Crippen LogP contribution in [-0.2, 0) is 22.4 Å². The molecule has 1 atom stereocenters. The van der Waals surface area contributed by atoms with Gasteiger partial charge in [-0.15, -0.1) is 0 Å². The Balaban J connectivity index is 1.26. The summed E-state index contributed by atoms with van der Waals surface area (Å²) in [5.41, 5.74) is 4.16. The number of carbonyl (C=O) groups excluding carboxylic acids is 1. The van der Waals surface area contributed by atoms with E-state index in [0.29, 0.717) is 25.8 Å². The third-order valence-corrected chi connectivity index (χ3v) is 8.06. The maximum Gasteiger partial charge on any atom is 0.147 e. The van der Waals surface area contributed by atoms with Crippen molar-refractivity contribution in [2.75, 3.05) is 39.4 Å². The Morgan fingerprint density at radius 3 is 2.79 bits per heavy atom. The van der Waals surface area contributed by atoms with Crippen molar-refractivity contribution >= 4 is 16.8 Å². The number of aromatic nitrogens is 1. The van der Waals surface area contributed by atoms with Crippen LogP contribution in [0.25, 0.3) is 10.9 Å². The van der Waals surface area contributed by atoms with Crippen LogP contribution in [-0.4, -0.2) is 76.9 Å². The van der Waals surface area contributed by atoms with Gasteiger partial charge in [-0.25, -0.2) is 4.79 Å². The number of aryl methyl sites for hydroxylation is 1. The third-order valence-electron chi connectivity index (χ3n) is 8.06. The minimum Gasteiger partial charge on any atom is -0.390 e. The second-order valence-corrected chi connectivity index (χ2v) is 10.2. The van der Waals surface area contributed by atoms with Crippen molar-refractivity contribution in [3.05, 3.63) is 41.2 Å². The number of nitrogens with zero attached hydrogens (tertiary/aromatic N) is 2. The van der Waals surface area contributed by atoms with Gasteiger partial charge in [-0.3, -0.25) is 4.90 Å². The number of H-pyrrole nitrogens is 1. The zero-order valence-electron chi connectivity index (χ0n) is 19.7. The maximum absolute atomic E-state index is 11.7. The Morgan fingerprint density at radius 2 is 2.00 bits per heavy atom. The molecule has 178 valence electrons. The Bertz CT molecular complexity index is 997. The minimum atomic E-state index is -0.454. The van der Waals surface area contributed by atoms with Crippen molar-refractivity contribution in [3.8, 4) is 0 Å². The number of hydrogen-bond donors (Lipinski definition) is 2. The van der Waals surface area contributed by atoms with E-state index in [0.717, 1.165) is 76.7 Å². The quantitative estimate of drug-likeness (QED) is 0.602. The summed E-state index contributed by atoms with van der Waals surface area (Å²) in [5.74, 6) is 2.22. The molecule has 0 bridgehead atoms. The molecule has 3 fully saturated rings. The number of nitrogens with one attached hydrogen (secondary N) is 1. The number of aromatic amines is 1. The Morgan fingerprint density at radius 1 is 1.18 bits per heavy atom. The standard InChI is InChI=1S/C27H37N3O3/c31-20-24(29-12-14-33-15-13-29)19-30-11-3-4-23(30)17-22-18-28-26-6-5-21(16-25(22)26)7-10-27(32)8-1-2-9-27/h5-6,16,18,23,28,32H,1-4,7-15,17,19H2/t23-/m1/s1. The highest BCUT2D eigenvalue weighted by molar-refractivity contribution is 5.84. The second-order valence-electron chi connectivity index (χ2n) is 10.2. The molecule has 2 aliphatic heterocycles. The van der Waals surface area contributed by atoms with Crippen molar-refractivity contribution in [2.45, 2.75) is 69.4 Å². The molecule has 2 saturated heterocycles. The molecule has 3 aliphatic rings. The summed E-state index contributed by atoms with van der Waals surface area (Å²) in [6.45, 7) is 4.65. The van der Waals surface area contributed by atoms with Crippen LogP contribution in [0, 0.1) is 0 Å². The first-order chi connectivity index (χ1) is 16.1. The number of morpholine rings is 1. The molecule has 1 aliphatic carbocycles. The van der Waals surface area contributed by atoms with E-state index >= 15 is 0 Å². The monoisotopic (exact) mass is 451 g/mol. The number of likely N-dealkylation sites (tertiary alicyclic amines) is 1. The van der Waals surface area contributed by atoms with Crippen LogP contribution in [0.3, 0.4) is 0 Å². The Kier molecular flexibility index (Phi) is 6.89. The van der Waals surface area contributed by atoms with Crippen molar-refractivity contribution in [1.29, 1.82) is 0 Å². The summed E-state index contributed by atoms with van der Waals surface area (Å²) in [6.07, 6.45) is 11.5. The van der Waals surface area contributed by atoms with E-state index in [4.69, 9.17) is 4.74 Å². The van der Waals surface area contributed by atoms with Gasteiger partial charge in [-0.2, -0.15) is 0 Å². The van der Waals surface area contributed by atoms with Crippen LogP contribution in [0.1, 0.15) is 56.1 Å². The van der Waals surface area contributed by atoms with E-state index in [1.54, 1.807) is 0 Å². The summed E-state index contributed by atoms with van der Waals surface area (Å²) >= 11 is 0. The summed E-state index contributed by atoms with van der Waals surface area (Å²) in [5, 5.41) is 12.0. The number of aliphatic hydroxyl groups is 1. The molecule has 0 amide bonds. The van der Waals surface area contributed by atoms with Gasteiger partial charge in [0.25, 0.3) is 0 Å². The van der Waals surface area contributed by atoms with Crippen molar-refractivity contribution in [1.82, 2.24) is 14.8 Å². The number of hydrogen-bond acceptors (Lipinski definition) is 5. The van der Waals surface area contributed by atoms with Crippen LogP contribution >= 0.6 is 0 Å². The van der Waals surface area contributed by atoms with Gasteiger partial charge in [-0.05, 0) is 74.8 Å². The number of ether oxygens (including phenoxy) is 1. The van der Waals surface area contributed by atoms with Gasteiger partial charge >= 0.3 is 0 Å². The van der Waals surface area contributed by atoms with E-state index in [-0.39, 0.29) is 0 Å². The van der Waals surface area contributed by atoms with E-state index in [1.165, 1.54) is 28.5 Å². The van der Waals surface area contributed by atoms with Gasteiger partial charge in [-0.1, -0.05) is 18.9 Å². The van der Waals surface area contributed by atoms with Crippen LogP contribution in [0.4, 0.5) is 0 Å². The molecule has 1 aromatic heterocycles. The third kappa shape index (κ3) is 5.20. The lowest BCUT2D eigenvalue weighted by Crippen LogP contribution is -2.41. The predicted molar refractivity (Wildman–Crippen MR) is 130 cm³/mol. The number of benzene rings is 1. The predicted octanol–water partition coefficient (Wildman–Crippen LogP) is 3.46. The Hall–Kier alpha value is -2.11. The van der Waals surface area contributed by atoms with Gasteiger partial charge in [0.2, 0.25) is 0 Å². The first kappa shape index (κ1) is 22.7. The highest BCUT2D eigenvalue weighted by Gasteiger charge is 2.31. The molecule has 1 aromatic carbocycles. The molecule has 0 unspecified atom stereocenters. The lowest BCUT2D eigenvalue weighted by Gasteiger charge is -2.32. The summed E-state index contributed by atoms with van der Waals surface area (Å²) in [6, 6.07) is 7.15. The maximum atomic E-state index is 11.7. The first-order valence-corrected chi connectivity index (χ1v) is 12.8. The van der Waals surface area contributed by atoms with Gasteiger partial charge in [0.15, 0.2) is 0 Å². The summed E-state index contributed by atoms with van der Waals surface area (Å²) in [4.78, 5) is 19.8. The van der Waals surface area contributed by atoms with E-state index < -0.39 is 5.60 Å². The summed E-state index contributed by atoms with van der Waals surface area (Å²) in [7, 11) is 0. The number of rotatable bonds is 8. The second kappa shape index (κ2) is 10.0. The molecule has 2 N–H and O–H groups in total. The van der Waals surface area contributed by atoms with Gasteiger partial charge < -0.3 is 19.7 Å². The fraction of sp³-hybridized carbons (Fsp3) is 0.630. The summed E-state index contributed by atoms with van der Waals surface area (Å²) < 4.78 is 5.44. The number of fused-ring (bicyclic) bond motifs is 1. The van der Waals surface area contributed by atoms with E-state index in [1.807, 2.05) is 0 Å². The van der Waals surface area contributed by atoms with Crippen molar-refractivity contribution in [2.24, 2.45) is 0 Å². The minimum absolute atomic E-state index is 0.441. The fourth-order valence-corrected chi connectivity index (χ4v) is 6.02. The molecule has 3 heterocycles. The Labute approximate surface area is 196 Å². The molecule has 6 nitrogen and oxygen atoms in total. The zero-order valence-corrected chi connectivity index (χ0v) is 19.7. The largest absolute Gasteiger partial charge is 0.390 e. The molecule has 33 heavy (non-hydrogen) atoms. The molecular weight excluding hydrogens is 414 g/mol. The van der Waals surface area contributed by atoms with Gasteiger partial charge in [0.1, 0.15) is 11.6 Å². The topological polar surface area (TPSA) is 68.8 Å². The normalized spacial score (nSPS) is 23.3. The highest BCUT2D eigenvalue weighted by atomic mass is 16.5. The molecular formula is C27H37N3O3.